The number of fused-ring (bicyclic) bond motifs is 2. The van der Waals surface area contributed by atoms with E-state index in [1.165, 1.54) is 29.7 Å². The summed E-state index contributed by atoms with van der Waals surface area (Å²) in [6, 6.07) is 8.86. The Kier molecular flexibility index (Phi) is 2.28. The highest BCUT2D eigenvalue weighted by Gasteiger charge is 2.37. The minimum absolute atomic E-state index is 0.401. The number of hydrogen-bond donors (Lipinski definition) is 0. The second kappa shape index (κ2) is 3.98. The van der Waals surface area contributed by atoms with E-state index in [0.717, 1.165) is 24.4 Å². The number of hydrogen-bond acceptors (Lipinski definition) is 3. The molecule has 0 saturated carbocycles. The topological polar surface area (TPSA) is 29.3 Å². The number of nitrogens with zero attached hydrogens (tertiary/aromatic N) is 2. The molecule has 19 heavy (non-hydrogen) atoms. The van der Waals surface area contributed by atoms with Crippen LogP contribution in [0, 0.1) is 0 Å². The lowest BCUT2D eigenvalue weighted by molar-refractivity contribution is 0.365. The van der Waals surface area contributed by atoms with Crippen molar-refractivity contribution in [1.29, 1.82) is 0 Å². The van der Waals surface area contributed by atoms with Gasteiger partial charge in [-0.25, -0.2) is 0 Å². The van der Waals surface area contributed by atoms with Gasteiger partial charge in [0.1, 0.15) is 11.5 Å². The van der Waals surface area contributed by atoms with E-state index in [9.17, 15) is 0 Å². The van der Waals surface area contributed by atoms with Gasteiger partial charge in [-0.2, -0.15) is 0 Å². The SMILES string of the molecule is C=CCN1c2ccccc2-c2noc3c2C1CCC3. The summed E-state index contributed by atoms with van der Waals surface area (Å²) in [5.74, 6) is 1.08. The first-order valence-electron chi connectivity index (χ1n) is 6.85. The standard InChI is InChI=1S/C16H16N2O/c1-2-10-18-12-7-4-3-6-11(12)16-15-13(18)8-5-9-14(15)19-17-16/h2-4,6-7,13H,1,5,8-10H2. The predicted molar refractivity (Wildman–Crippen MR) is 75.2 cm³/mol. The van der Waals surface area contributed by atoms with Crippen LogP contribution < -0.4 is 4.90 Å². The minimum Gasteiger partial charge on any atom is -0.360 e. The van der Waals surface area contributed by atoms with Crippen LogP contribution in [0.4, 0.5) is 5.69 Å². The van der Waals surface area contributed by atoms with Gasteiger partial charge in [0.15, 0.2) is 0 Å². The maximum absolute atomic E-state index is 5.57. The lowest BCUT2D eigenvalue weighted by Crippen LogP contribution is -2.34. The van der Waals surface area contributed by atoms with E-state index in [2.05, 4.69) is 40.9 Å². The predicted octanol–water partition coefficient (Wildman–Crippen LogP) is 3.73. The first-order valence-corrected chi connectivity index (χ1v) is 6.85. The quantitative estimate of drug-likeness (QED) is 0.763. The highest BCUT2D eigenvalue weighted by molar-refractivity contribution is 5.83. The van der Waals surface area contributed by atoms with Gasteiger partial charge in [-0.05, 0) is 18.9 Å². The molecule has 1 aliphatic heterocycles. The van der Waals surface area contributed by atoms with Crippen LogP contribution in [0.25, 0.3) is 11.3 Å². The van der Waals surface area contributed by atoms with E-state index in [1.54, 1.807) is 0 Å². The van der Waals surface area contributed by atoms with Crippen molar-refractivity contribution in [3.8, 4) is 11.3 Å². The molecule has 0 radical (unpaired) electrons. The van der Waals surface area contributed by atoms with Crippen molar-refractivity contribution in [2.24, 2.45) is 0 Å². The minimum atomic E-state index is 0.401. The van der Waals surface area contributed by atoms with Crippen LogP contribution >= 0.6 is 0 Å². The van der Waals surface area contributed by atoms with Gasteiger partial charge in [0, 0.05) is 29.8 Å². The van der Waals surface area contributed by atoms with Crippen molar-refractivity contribution in [3.05, 3.63) is 48.2 Å². The molecule has 2 aromatic rings. The molecule has 1 unspecified atom stereocenters. The number of rotatable bonds is 2. The zero-order valence-electron chi connectivity index (χ0n) is 10.8. The van der Waals surface area contributed by atoms with Gasteiger partial charge < -0.3 is 9.42 Å². The number of anilines is 1. The Bertz CT molecular complexity index is 644. The average Bonchev–Trinajstić information content (AvgIpc) is 2.89. The van der Waals surface area contributed by atoms with Crippen LogP contribution in [0.5, 0.6) is 0 Å². The number of benzene rings is 1. The molecule has 2 aliphatic rings. The summed E-state index contributed by atoms with van der Waals surface area (Å²) >= 11 is 0. The van der Waals surface area contributed by atoms with Crippen LogP contribution in [0.15, 0.2) is 41.4 Å². The molecule has 0 N–H and O–H groups in total. The Hall–Kier alpha value is -2.03. The van der Waals surface area contributed by atoms with E-state index < -0.39 is 0 Å². The molecule has 1 aromatic heterocycles. The van der Waals surface area contributed by atoms with E-state index in [0.29, 0.717) is 6.04 Å². The first kappa shape index (κ1) is 10.9. The van der Waals surface area contributed by atoms with Gasteiger partial charge in [0.25, 0.3) is 0 Å². The Morgan fingerprint density at radius 2 is 2.32 bits per heavy atom. The zero-order valence-corrected chi connectivity index (χ0v) is 10.8. The molecular formula is C16H16N2O. The Morgan fingerprint density at radius 1 is 1.42 bits per heavy atom. The van der Waals surface area contributed by atoms with E-state index >= 15 is 0 Å². The third kappa shape index (κ3) is 1.41. The maximum atomic E-state index is 5.57. The van der Waals surface area contributed by atoms with Crippen molar-refractivity contribution in [2.75, 3.05) is 11.4 Å². The molecule has 96 valence electrons. The fourth-order valence-electron chi connectivity index (χ4n) is 3.42. The summed E-state index contributed by atoms with van der Waals surface area (Å²) in [6.07, 6.45) is 5.33. The molecule has 0 fully saturated rings. The summed E-state index contributed by atoms with van der Waals surface area (Å²) in [7, 11) is 0. The molecule has 1 aliphatic carbocycles. The summed E-state index contributed by atoms with van der Waals surface area (Å²) < 4.78 is 5.57. The lowest BCUT2D eigenvalue weighted by atomic mass is 9.84. The van der Waals surface area contributed by atoms with Crippen molar-refractivity contribution in [3.63, 3.8) is 0 Å². The third-order valence-corrected chi connectivity index (χ3v) is 4.19. The Labute approximate surface area is 112 Å². The zero-order chi connectivity index (χ0) is 12.8. The summed E-state index contributed by atoms with van der Waals surface area (Å²) in [5, 5.41) is 4.33. The van der Waals surface area contributed by atoms with Crippen molar-refractivity contribution in [2.45, 2.75) is 25.3 Å². The van der Waals surface area contributed by atoms with Crippen LogP contribution in [0.2, 0.25) is 0 Å². The monoisotopic (exact) mass is 252 g/mol. The van der Waals surface area contributed by atoms with E-state index in [4.69, 9.17) is 4.52 Å². The highest BCUT2D eigenvalue weighted by Crippen LogP contribution is 2.49. The molecule has 0 amide bonds. The molecule has 2 heterocycles. The molecular weight excluding hydrogens is 236 g/mol. The van der Waals surface area contributed by atoms with Crippen LogP contribution in [-0.4, -0.2) is 11.7 Å². The molecule has 0 saturated heterocycles. The van der Waals surface area contributed by atoms with Gasteiger partial charge in [-0.1, -0.05) is 29.4 Å². The van der Waals surface area contributed by atoms with Crippen molar-refractivity contribution in [1.82, 2.24) is 5.16 Å². The smallest absolute Gasteiger partial charge is 0.142 e. The third-order valence-electron chi connectivity index (χ3n) is 4.19. The molecule has 1 aromatic carbocycles. The Balaban J connectivity index is 1.98. The summed E-state index contributed by atoms with van der Waals surface area (Å²) in [6.45, 7) is 4.77. The average molecular weight is 252 g/mol. The van der Waals surface area contributed by atoms with Gasteiger partial charge in [-0.15, -0.1) is 6.58 Å². The summed E-state index contributed by atoms with van der Waals surface area (Å²) in [4.78, 5) is 2.44. The van der Waals surface area contributed by atoms with Crippen LogP contribution in [-0.2, 0) is 6.42 Å². The number of aromatic nitrogens is 1. The molecule has 3 nitrogen and oxygen atoms in total. The second-order valence-corrected chi connectivity index (χ2v) is 5.23. The second-order valence-electron chi connectivity index (χ2n) is 5.23. The number of para-hydroxylation sites is 1. The molecule has 0 bridgehead atoms. The fraction of sp³-hybridized carbons (Fsp3) is 0.312. The van der Waals surface area contributed by atoms with Crippen LogP contribution in [0.3, 0.4) is 0 Å². The van der Waals surface area contributed by atoms with Crippen molar-refractivity contribution >= 4 is 5.69 Å². The molecule has 3 heteroatoms. The van der Waals surface area contributed by atoms with E-state index in [-0.39, 0.29) is 0 Å². The van der Waals surface area contributed by atoms with Gasteiger partial charge in [-0.3, -0.25) is 0 Å². The van der Waals surface area contributed by atoms with Gasteiger partial charge >= 0.3 is 0 Å². The molecule has 4 rings (SSSR count). The number of aryl methyl sites for hydroxylation is 1. The lowest BCUT2D eigenvalue weighted by Gasteiger charge is -2.39. The highest BCUT2D eigenvalue weighted by atomic mass is 16.5. The maximum Gasteiger partial charge on any atom is 0.142 e. The fourth-order valence-corrected chi connectivity index (χ4v) is 3.42. The van der Waals surface area contributed by atoms with Crippen LogP contribution in [0.1, 0.15) is 30.2 Å². The Morgan fingerprint density at radius 3 is 3.21 bits per heavy atom. The molecule has 0 spiro atoms. The van der Waals surface area contributed by atoms with Gasteiger partial charge in [0.2, 0.25) is 0 Å². The molecule has 1 atom stereocenters. The van der Waals surface area contributed by atoms with E-state index in [1.807, 2.05) is 6.08 Å². The van der Waals surface area contributed by atoms with Gasteiger partial charge in [0.05, 0.1) is 6.04 Å². The largest absolute Gasteiger partial charge is 0.360 e. The van der Waals surface area contributed by atoms with Crippen molar-refractivity contribution < 1.29 is 4.52 Å². The first-order chi connectivity index (χ1) is 9.40. The normalized spacial score (nSPS) is 19.8. The summed E-state index contributed by atoms with van der Waals surface area (Å²) in [5.41, 5.74) is 4.80.